The van der Waals surface area contributed by atoms with E-state index in [0.29, 0.717) is 0 Å². The molecule has 3 heteroatoms. The molecule has 1 aliphatic rings. The molecule has 1 aliphatic heterocycles. The number of rotatable bonds is 3. The molecule has 0 saturated heterocycles. The molecular formula is C48H33N3. The van der Waals surface area contributed by atoms with Gasteiger partial charge in [0.2, 0.25) is 0 Å². The number of para-hydroxylation sites is 3. The Labute approximate surface area is 295 Å². The Morgan fingerprint density at radius 1 is 0.431 bits per heavy atom. The summed E-state index contributed by atoms with van der Waals surface area (Å²) in [5, 5.41) is 7.43. The third-order valence-corrected chi connectivity index (χ3v) is 11.3. The lowest BCUT2D eigenvalue weighted by Gasteiger charge is -2.35. The van der Waals surface area contributed by atoms with Crippen molar-refractivity contribution in [1.82, 2.24) is 14.1 Å². The Hall–Kier alpha value is -6.45. The topological polar surface area (TPSA) is 22.8 Å². The van der Waals surface area contributed by atoms with Crippen LogP contribution in [-0.4, -0.2) is 14.1 Å². The van der Waals surface area contributed by atoms with Crippen molar-refractivity contribution in [2.24, 2.45) is 0 Å². The molecule has 0 amide bonds. The summed E-state index contributed by atoms with van der Waals surface area (Å²) in [7, 11) is 0. The fourth-order valence-electron chi connectivity index (χ4n) is 8.87. The summed E-state index contributed by atoms with van der Waals surface area (Å²) < 4.78 is 4.83. The summed E-state index contributed by atoms with van der Waals surface area (Å²) in [6.45, 7) is 4.74. The van der Waals surface area contributed by atoms with Crippen molar-refractivity contribution < 1.29 is 0 Å². The maximum atomic E-state index is 5.45. The molecule has 0 atom stereocenters. The summed E-state index contributed by atoms with van der Waals surface area (Å²) >= 11 is 0. The van der Waals surface area contributed by atoms with Crippen LogP contribution in [-0.2, 0) is 5.41 Å². The minimum Gasteiger partial charge on any atom is -0.309 e. The molecule has 10 aromatic rings. The van der Waals surface area contributed by atoms with Crippen molar-refractivity contribution in [3.63, 3.8) is 0 Å². The van der Waals surface area contributed by atoms with Gasteiger partial charge in [-0.05, 0) is 69.4 Å². The molecule has 0 unspecified atom stereocenters. The van der Waals surface area contributed by atoms with Crippen LogP contribution in [0.15, 0.2) is 164 Å². The number of hydrogen-bond acceptors (Lipinski definition) is 1. The SMILES string of the molecule is CC1(C)c2ccccc2-n2c3ccccc3c3cc(-c4ccc(-c5nc6c7ccccc7c7ccccc7c6n5-c5ccccc5)cc4)cc1c32. The first-order valence-electron chi connectivity index (χ1n) is 17.7. The summed E-state index contributed by atoms with van der Waals surface area (Å²) in [6, 6.07) is 59.7. The van der Waals surface area contributed by atoms with Gasteiger partial charge in [0.25, 0.3) is 0 Å². The van der Waals surface area contributed by atoms with Crippen LogP contribution < -0.4 is 0 Å². The molecule has 0 spiro atoms. The molecule has 0 N–H and O–H groups in total. The van der Waals surface area contributed by atoms with Crippen LogP contribution in [0.3, 0.4) is 0 Å². The van der Waals surface area contributed by atoms with E-state index in [-0.39, 0.29) is 5.41 Å². The second kappa shape index (κ2) is 10.3. The monoisotopic (exact) mass is 651 g/mol. The molecule has 0 saturated carbocycles. The third-order valence-electron chi connectivity index (χ3n) is 11.3. The van der Waals surface area contributed by atoms with Gasteiger partial charge in [0, 0.05) is 38.2 Å². The molecule has 0 aliphatic carbocycles. The zero-order chi connectivity index (χ0) is 33.8. The first kappa shape index (κ1) is 28.4. The first-order chi connectivity index (χ1) is 25.1. The largest absolute Gasteiger partial charge is 0.309 e. The van der Waals surface area contributed by atoms with E-state index in [1.165, 1.54) is 71.3 Å². The predicted molar refractivity (Wildman–Crippen MR) is 213 cm³/mol. The molecule has 8 aromatic carbocycles. The van der Waals surface area contributed by atoms with Crippen molar-refractivity contribution >= 4 is 54.4 Å². The van der Waals surface area contributed by atoms with Crippen LogP contribution in [0.5, 0.6) is 0 Å². The highest BCUT2D eigenvalue weighted by molar-refractivity contribution is 6.24. The fourth-order valence-corrected chi connectivity index (χ4v) is 8.87. The standard InChI is InChI=1S/C48H33N3/c1-48(2)40-21-11-13-23-43(40)51-42-22-12-10-18-36(42)39-28-32(29-41(48)45(39)51)30-24-26-31(27-25-30)47-49-44-37-19-8-6-16-34(37)35-17-7-9-20-38(35)46(44)50(47)33-14-4-3-5-15-33/h3-29H,1-2H3. The first-order valence-corrected chi connectivity index (χ1v) is 17.7. The van der Waals surface area contributed by atoms with Crippen molar-refractivity contribution in [3.05, 3.63) is 175 Å². The fraction of sp³-hybridized carbons (Fsp3) is 0.0625. The van der Waals surface area contributed by atoms with Gasteiger partial charge in [0.15, 0.2) is 0 Å². The van der Waals surface area contributed by atoms with Gasteiger partial charge in [-0.1, -0.05) is 141 Å². The van der Waals surface area contributed by atoms with Gasteiger partial charge in [0.1, 0.15) is 5.82 Å². The number of hydrogen-bond donors (Lipinski definition) is 0. The summed E-state index contributed by atoms with van der Waals surface area (Å²) in [5.41, 5.74) is 13.2. The number of aromatic nitrogens is 3. The molecule has 0 radical (unpaired) electrons. The molecule has 2 aromatic heterocycles. The molecule has 3 nitrogen and oxygen atoms in total. The lowest BCUT2D eigenvalue weighted by molar-refractivity contribution is 0.630. The normalized spacial score (nSPS) is 13.5. The van der Waals surface area contributed by atoms with E-state index in [4.69, 9.17) is 4.98 Å². The smallest absolute Gasteiger partial charge is 0.145 e. The van der Waals surface area contributed by atoms with Crippen molar-refractivity contribution in [2.75, 3.05) is 0 Å². The van der Waals surface area contributed by atoms with E-state index in [1.807, 2.05) is 0 Å². The predicted octanol–water partition coefficient (Wildman–Crippen LogP) is 12.4. The number of nitrogens with zero attached hydrogens (tertiary/aromatic N) is 3. The van der Waals surface area contributed by atoms with Gasteiger partial charge in [-0.25, -0.2) is 4.98 Å². The highest BCUT2D eigenvalue weighted by atomic mass is 15.1. The molecule has 51 heavy (non-hydrogen) atoms. The highest BCUT2D eigenvalue weighted by Gasteiger charge is 2.35. The average Bonchev–Trinajstić information content (AvgIpc) is 3.75. The van der Waals surface area contributed by atoms with Gasteiger partial charge < -0.3 is 4.57 Å². The minimum absolute atomic E-state index is 0.152. The Kier molecular flexibility index (Phi) is 5.73. The third kappa shape index (κ3) is 3.86. The second-order valence-electron chi connectivity index (χ2n) is 14.4. The van der Waals surface area contributed by atoms with E-state index in [1.54, 1.807) is 0 Å². The van der Waals surface area contributed by atoms with E-state index >= 15 is 0 Å². The average molecular weight is 652 g/mol. The van der Waals surface area contributed by atoms with E-state index in [2.05, 4.69) is 187 Å². The lowest BCUT2D eigenvalue weighted by Crippen LogP contribution is -2.26. The molecule has 240 valence electrons. The molecule has 3 heterocycles. The Balaban J connectivity index is 1.14. The molecular weight excluding hydrogens is 619 g/mol. The van der Waals surface area contributed by atoms with Crippen LogP contribution in [0.4, 0.5) is 0 Å². The van der Waals surface area contributed by atoms with Gasteiger partial charge >= 0.3 is 0 Å². The zero-order valence-electron chi connectivity index (χ0n) is 28.4. The van der Waals surface area contributed by atoms with Gasteiger partial charge in [-0.3, -0.25) is 4.57 Å². The van der Waals surface area contributed by atoms with Crippen LogP contribution in [0, 0.1) is 0 Å². The molecule has 0 bridgehead atoms. The maximum absolute atomic E-state index is 5.45. The van der Waals surface area contributed by atoms with Crippen LogP contribution in [0.25, 0.3) is 88.3 Å². The Morgan fingerprint density at radius 3 is 1.82 bits per heavy atom. The van der Waals surface area contributed by atoms with Gasteiger partial charge in [0.05, 0.1) is 27.8 Å². The Morgan fingerprint density at radius 2 is 1.04 bits per heavy atom. The number of fused-ring (bicyclic) bond motifs is 11. The second-order valence-corrected chi connectivity index (χ2v) is 14.4. The van der Waals surface area contributed by atoms with Crippen LogP contribution in [0.1, 0.15) is 25.0 Å². The van der Waals surface area contributed by atoms with Crippen LogP contribution in [0.2, 0.25) is 0 Å². The van der Waals surface area contributed by atoms with E-state index < -0.39 is 0 Å². The van der Waals surface area contributed by atoms with Gasteiger partial charge in [-0.2, -0.15) is 0 Å². The van der Waals surface area contributed by atoms with Crippen molar-refractivity contribution in [2.45, 2.75) is 19.3 Å². The molecule has 11 rings (SSSR count). The highest BCUT2D eigenvalue weighted by Crippen LogP contribution is 2.49. The van der Waals surface area contributed by atoms with E-state index in [0.717, 1.165) is 28.1 Å². The zero-order valence-corrected chi connectivity index (χ0v) is 28.4. The summed E-state index contributed by atoms with van der Waals surface area (Å²) in [5.74, 6) is 0.940. The van der Waals surface area contributed by atoms with E-state index in [9.17, 15) is 0 Å². The Bertz CT molecular complexity index is 3030. The quantitative estimate of drug-likeness (QED) is 0.174. The maximum Gasteiger partial charge on any atom is 0.145 e. The summed E-state index contributed by atoms with van der Waals surface area (Å²) in [4.78, 5) is 5.45. The van der Waals surface area contributed by atoms with Gasteiger partial charge in [-0.15, -0.1) is 0 Å². The summed E-state index contributed by atoms with van der Waals surface area (Å²) in [6.07, 6.45) is 0. The van der Waals surface area contributed by atoms with Crippen molar-refractivity contribution in [3.8, 4) is 33.9 Å². The minimum atomic E-state index is -0.152. The van der Waals surface area contributed by atoms with Crippen LogP contribution >= 0.6 is 0 Å². The number of benzene rings is 8. The molecule has 0 fully saturated rings. The number of imidazole rings is 1. The van der Waals surface area contributed by atoms with Crippen molar-refractivity contribution in [1.29, 1.82) is 0 Å². The lowest BCUT2D eigenvalue weighted by atomic mass is 9.74.